The number of nitrogens with zero attached hydrogens (tertiary/aromatic N) is 1. The van der Waals surface area contributed by atoms with Gasteiger partial charge in [-0.25, -0.2) is 18.2 Å². The molecular formula is C22H38N2O5S. The summed E-state index contributed by atoms with van der Waals surface area (Å²) in [4.78, 5) is 16.7. The molecule has 0 radical (unpaired) electrons. The number of aliphatic hydroxyl groups excluding tert-OH is 1. The molecule has 3 atom stereocenters. The van der Waals surface area contributed by atoms with Crippen molar-refractivity contribution in [1.82, 2.24) is 9.79 Å². The van der Waals surface area contributed by atoms with E-state index in [2.05, 4.69) is 4.72 Å². The Bertz CT molecular complexity index is 747. The van der Waals surface area contributed by atoms with Crippen molar-refractivity contribution >= 4 is 15.9 Å². The highest BCUT2D eigenvalue weighted by molar-refractivity contribution is 7.90. The van der Waals surface area contributed by atoms with Crippen molar-refractivity contribution in [2.45, 2.75) is 76.7 Å². The largest absolute Gasteiger partial charge is 0.391 e. The Morgan fingerprint density at radius 3 is 2.33 bits per heavy atom. The number of hydrogen-bond acceptors (Lipinski definition) is 5. The Morgan fingerprint density at radius 2 is 1.80 bits per heavy atom. The van der Waals surface area contributed by atoms with Crippen LogP contribution in [0.25, 0.3) is 0 Å². The number of nitrogens with one attached hydrogen (secondary N) is 1. The van der Waals surface area contributed by atoms with Gasteiger partial charge in [0.25, 0.3) is 0 Å². The molecule has 0 heterocycles. The SMILES string of the molecule is CON(C)C(=O)CCC[C@H](C)[C@H](O)[C@@H](CCc1ccccc1)NS(=O)(=O)C(C)(C)C. The minimum atomic E-state index is -3.62. The van der Waals surface area contributed by atoms with Gasteiger partial charge in [0.05, 0.1) is 18.0 Å². The fraction of sp³-hybridized carbons (Fsp3) is 0.682. The molecule has 0 unspecified atom stereocenters. The molecule has 1 aromatic carbocycles. The lowest BCUT2D eigenvalue weighted by molar-refractivity contribution is -0.168. The second-order valence-electron chi connectivity index (χ2n) is 8.80. The number of carbonyl (C=O) groups excluding carboxylic acids is 1. The van der Waals surface area contributed by atoms with Crippen LogP contribution in [-0.2, 0) is 26.1 Å². The maximum atomic E-state index is 12.7. The van der Waals surface area contributed by atoms with Crippen LogP contribution in [0.1, 0.15) is 58.9 Å². The van der Waals surface area contributed by atoms with Crippen LogP contribution in [0.2, 0.25) is 0 Å². The van der Waals surface area contributed by atoms with Gasteiger partial charge in [0.15, 0.2) is 0 Å². The highest BCUT2D eigenvalue weighted by atomic mass is 32.2. The average Bonchev–Trinajstić information content (AvgIpc) is 2.69. The summed E-state index contributed by atoms with van der Waals surface area (Å²) in [5.74, 6) is -0.303. The second kappa shape index (κ2) is 11.8. The summed E-state index contributed by atoms with van der Waals surface area (Å²) in [6.45, 7) is 6.79. The monoisotopic (exact) mass is 442 g/mol. The van der Waals surface area contributed by atoms with Crippen LogP contribution in [0.15, 0.2) is 30.3 Å². The molecule has 0 spiro atoms. The lowest BCUT2D eigenvalue weighted by atomic mass is 9.90. The van der Waals surface area contributed by atoms with E-state index in [1.807, 2.05) is 37.3 Å². The minimum Gasteiger partial charge on any atom is -0.391 e. The molecular weight excluding hydrogens is 404 g/mol. The lowest BCUT2D eigenvalue weighted by Crippen LogP contribution is -2.51. The first-order chi connectivity index (χ1) is 13.9. The molecule has 0 aliphatic rings. The van der Waals surface area contributed by atoms with Crippen LogP contribution in [0, 0.1) is 5.92 Å². The van der Waals surface area contributed by atoms with Crippen LogP contribution in [0.5, 0.6) is 0 Å². The minimum absolute atomic E-state index is 0.131. The summed E-state index contributed by atoms with van der Waals surface area (Å²) in [5, 5.41) is 12.1. The number of sulfonamides is 1. The number of hydrogen-bond donors (Lipinski definition) is 2. The first-order valence-corrected chi connectivity index (χ1v) is 11.9. The van der Waals surface area contributed by atoms with Gasteiger partial charge in [-0.05, 0) is 57.9 Å². The highest BCUT2D eigenvalue weighted by Gasteiger charge is 2.35. The van der Waals surface area contributed by atoms with Crippen molar-refractivity contribution in [2.24, 2.45) is 5.92 Å². The van der Waals surface area contributed by atoms with E-state index in [-0.39, 0.29) is 11.8 Å². The molecule has 0 bridgehead atoms. The third-order valence-electron chi connectivity index (χ3n) is 5.37. The van der Waals surface area contributed by atoms with E-state index < -0.39 is 26.9 Å². The fourth-order valence-electron chi connectivity index (χ4n) is 3.04. The molecule has 30 heavy (non-hydrogen) atoms. The quantitative estimate of drug-likeness (QED) is 0.485. The molecule has 0 saturated carbocycles. The molecule has 0 aliphatic heterocycles. The zero-order chi connectivity index (χ0) is 22.9. The lowest BCUT2D eigenvalue weighted by Gasteiger charge is -2.31. The van der Waals surface area contributed by atoms with Gasteiger partial charge in [0.2, 0.25) is 15.9 Å². The topological polar surface area (TPSA) is 95.9 Å². The van der Waals surface area contributed by atoms with E-state index in [0.29, 0.717) is 32.1 Å². The molecule has 0 aliphatic carbocycles. The van der Waals surface area contributed by atoms with Crippen molar-refractivity contribution in [3.8, 4) is 0 Å². The maximum Gasteiger partial charge on any atom is 0.245 e. The third kappa shape index (κ3) is 8.34. The predicted molar refractivity (Wildman–Crippen MR) is 119 cm³/mol. The maximum absolute atomic E-state index is 12.7. The molecule has 1 aromatic rings. The van der Waals surface area contributed by atoms with Gasteiger partial charge >= 0.3 is 0 Å². The number of benzene rings is 1. The van der Waals surface area contributed by atoms with Crippen LogP contribution in [-0.4, -0.2) is 55.5 Å². The number of aliphatic hydroxyl groups is 1. The normalized spacial score (nSPS) is 15.4. The van der Waals surface area contributed by atoms with Crippen LogP contribution in [0.4, 0.5) is 0 Å². The summed E-state index contributed by atoms with van der Waals surface area (Å²) in [5.41, 5.74) is 1.09. The molecule has 172 valence electrons. The van der Waals surface area contributed by atoms with Crippen molar-refractivity contribution in [1.29, 1.82) is 0 Å². The summed E-state index contributed by atoms with van der Waals surface area (Å²) in [7, 11) is -0.625. The number of rotatable bonds is 12. The fourth-order valence-corrected chi connectivity index (χ4v) is 4.05. The number of hydroxylamine groups is 2. The molecule has 1 rings (SSSR count). The standard InChI is InChI=1S/C22H38N2O5S/c1-17(11-10-14-20(25)24(5)29-6)21(26)19(23-30(27,28)22(2,3)4)16-15-18-12-8-7-9-13-18/h7-9,12-13,17,19,21,23,26H,10-11,14-16H2,1-6H3/t17-,19+,21-/m0/s1. The van der Waals surface area contributed by atoms with Gasteiger partial charge in [-0.1, -0.05) is 37.3 Å². The van der Waals surface area contributed by atoms with E-state index in [1.54, 1.807) is 27.8 Å². The van der Waals surface area contributed by atoms with Crippen molar-refractivity contribution in [3.63, 3.8) is 0 Å². The number of amides is 1. The van der Waals surface area contributed by atoms with E-state index in [4.69, 9.17) is 4.84 Å². The Kier molecular flexibility index (Phi) is 10.4. The molecule has 7 nitrogen and oxygen atoms in total. The van der Waals surface area contributed by atoms with E-state index in [9.17, 15) is 18.3 Å². The Labute approximate surface area is 181 Å². The van der Waals surface area contributed by atoms with Crippen LogP contribution < -0.4 is 4.72 Å². The zero-order valence-corrected chi connectivity index (χ0v) is 19.9. The smallest absolute Gasteiger partial charge is 0.245 e. The predicted octanol–water partition coefficient (Wildman–Crippen LogP) is 2.89. The summed E-state index contributed by atoms with van der Waals surface area (Å²) >= 11 is 0. The molecule has 0 aromatic heterocycles. The third-order valence-corrected chi connectivity index (χ3v) is 7.60. The highest BCUT2D eigenvalue weighted by Crippen LogP contribution is 2.22. The van der Waals surface area contributed by atoms with E-state index >= 15 is 0 Å². The van der Waals surface area contributed by atoms with E-state index in [0.717, 1.165) is 5.56 Å². The molecule has 0 saturated heterocycles. The van der Waals surface area contributed by atoms with Crippen molar-refractivity contribution in [2.75, 3.05) is 14.2 Å². The Balaban J connectivity index is 2.81. The van der Waals surface area contributed by atoms with Gasteiger partial charge in [-0.3, -0.25) is 9.63 Å². The van der Waals surface area contributed by atoms with Crippen molar-refractivity contribution in [3.05, 3.63) is 35.9 Å². The van der Waals surface area contributed by atoms with Gasteiger partial charge in [-0.2, -0.15) is 0 Å². The molecule has 1 amide bonds. The van der Waals surface area contributed by atoms with E-state index in [1.165, 1.54) is 12.2 Å². The van der Waals surface area contributed by atoms with Gasteiger partial charge < -0.3 is 5.11 Å². The summed E-state index contributed by atoms with van der Waals surface area (Å²) < 4.78 is 27.2. The second-order valence-corrected chi connectivity index (χ2v) is 11.3. The zero-order valence-electron chi connectivity index (χ0n) is 19.1. The first-order valence-electron chi connectivity index (χ1n) is 10.4. The summed E-state index contributed by atoms with van der Waals surface area (Å²) in [6, 6.07) is 9.18. The van der Waals surface area contributed by atoms with Crippen LogP contribution in [0.3, 0.4) is 0 Å². The van der Waals surface area contributed by atoms with Crippen molar-refractivity contribution < 1.29 is 23.2 Å². The average molecular weight is 443 g/mol. The first kappa shape index (κ1) is 26.6. The Morgan fingerprint density at radius 1 is 1.20 bits per heavy atom. The van der Waals surface area contributed by atoms with Gasteiger partial charge in [-0.15, -0.1) is 0 Å². The van der Waals surface area contributed by atoms with Crippen LogP contribution >= 0.6 is 0 Å². The molecule has 8 heteroatoms. The van der Waals surface area contributed by atoms with Gasteiger partial charge in [0.1, 0.15) is 0 Å². The molecule has 2 N–H and O–H groups in total. The van der Waals surface area contributed by atoms with Gasteiger partial charge in [0, 0.05) is 19.5 Å². The Hall–Kier alpha value is -1.48. The number of carbonyl (C=O) groups is 1. The molecule has 0 fully saturated rings. The summed E-state index contributed by atoms with van der Waals surface area (Å²) in [6.07, 6.45) is 1.77. The number of aryl methyl sites for hydroxylation is 1.